The van der Waals surface area contributed by atoms with E-state index in [2.05, 4.69) is 5.32 Å². The molecule has 2 aromatic carbocycles. The second-order valence-electron chi connectivity index (χ2n) is 5.61. The lowest BCUT2D eigenvalue weighted by Crippen LogP contribution is -2.26. The summed E-state index contributed by atoms with van der Waals surface area (Å²) in [5.41, 5.74) is 1.64. The van der Waals surface area contributed by atoms with Gasteiger partial charge in [-0.2, -0.15) is 0 Å². The Labute approximate surface area is 142 Å². The molecule has 4 nitrogen and oxygen atoms in total. The first-order valence-corrected chi connectivity index (χ1v) is 7.91. The highest BCUT2D eigenvalue weighted by atomic mass is 16.5. The lowest BCUT2D eigenvalue weighted by molar-refractivity contribution is -0.130. The third-order valence-electron chi connectivity index (χ3n) is 3.84. The number of nitrogens with one attached hydrogen (secondary N) is 1. The van der Waals surface area contributed by atoms with Crippen molar-refractivity contribution in [3.8, 4) is 0 Å². The third kappa shape index (κ3) is 4.78. The van der Waals surface area contributed by atoms with Gasteiger partial charge in [0.1, 0.15) is 0 Å². The van der Waals surface area contributed by atoms with E-state index in [-0.39, 0.29) is 11.8 Å². The van der Waals surface area contributed by atoms with Gasteiger partial charge in [0.25, 0.3) is 5.91 Å². The third-order valence-corrected chi connectivity index (χ3v) is 3.84. The molecule has 1 amide bonds. The summed E-state index contributed by atoms with van der Waals surface area (Å²) in [5, 5.41) is 13.0. The summed E-state index contributed by atoms with van der Waals surface area (Å²) >= 11 is 0. The van der Waals surface area contributed by atoms with Crippen LogP contribution in [0, 0.1) is 5.92 Å². The predicted octanol–water partition coefficient (Wildman–Crippen LogP) is 3.37. The van der Waals surface area contributed by atoms with E-state index in [1.165, 1.54) is 7.11 Å². The smallest absolute Gasteiger partial charge is 0.257 e. The van der Waals surface area contributed by atoms with Gasteiger partial charge in [0.05, 0.1) is 6.10 Å². The minimum Gasteiger partial charge on any atom is -0.388 e. The fraction of sp³-hybridized carbons (Fsp3) is 0.250. The molecule has 0 aliphatic rings. The number of carbonyl (C=O) groups is 1. The zero-order chi connectivity index (χ0) is 17.4. The monoisotopic (exact) mass is 325 g/mol. The highest BCUT2D eigenvalue weighted by Gasteiger charge is 2.19. The van der Waals surface area contributed by atoms with Crippen LogP contribution in [0.25, 0.3) is 0 Å². The predicted molar refractivity (Wildman–Crippen MR) is 94.0 cm³/mol. The minimum atomic E-state index is -0.662. The summed E-state index contributed by atoms with van der Waals surface area (Å²) in [5.74, 6) is -0.383. The molecule has 0 aromatic heterocycles. The van der Waals surface area contributed by atoms with Gasteiger partial charge in [-0.15, -0.1) is 0 Å². The average Bonchev–Trinajstić information content (AvgIpc) is 2.63. The molecule has 0 unspecified atom stereocenters. The molecule has 126 valence electrons. The molecule has 2 N–H and O–H groups in total. The van der Waals surface area contributed by atoms with E-state index in [1.54, 1.807) is 12.3 Å². The Morgan fingerprint density at radius 1 is 1.04 bits per heavy atom. The van der Waals surface area contributed by atoms with Crippen molar-refractivity contribution in [2.45, 2.75) is 19.1 Å². The molecule has 0 saturated heterocycles. The standard InChI is InChI=1S/C20H23NO3/c1-15(18(22)16-9-5-3-6-10-16)13-14-21-20(23)19(24-2)17-11-7-4-8-12-17/h3-15,18-19,22H,1-2H3,(H,21,23)/b14-13+/t15-,18-,19-/m0/s1. The van der Waals surface area contributed by atoms with Gasteiger partial charge in [0, 0.05) is 19.2 Å². The molecule has 0 heterocycles. The quantitative estimate of drug-likeness (QED) is 0.820. The number of methoxy groups -OCH3 is 1. The summed E-state index contributed by atoms with van der Waals surface area (Å²) in [6.45, 7) is 1.89. The van der Waals surface area contributed by atoms with Gasteiger partial charge in [0.2, 0.25) is 0 Å². The summed E-state index contributed by atoms with van der Waals surface area (Å²) in [6.07, 6.45) is 2.05. The van der Waals surface area contributed by atoms with E-state index in [4.69, 9.17) is 4.74 Å². The van der Waals surface area contributed by atoms with E-state index < -0.39 is 12.2 Å². The van der Waals surface area contributed by atoms with Crippen molar-refractivity contribution in [2.75, 3.05) is 7.11 Å². The van der Waals surface area contributed by atoms with Crippen molar-refractivity contribution in [3.63, 3.8) is 0 Å². The molecule has 3 atom stereocenters. The van der Waals surface area contributed by atoms with Crippen LogP contribution >= 0.6 is 0 Å². The molecule has 0 fully saturated rings. The lowest BCUT2D eigenvalue weighted by atomic mass is 9.97. The van der Waals surface area contributed by atoms with E-state index in [9.17, 15) is 9.90 Å². The maximum Gasteiger partial charge on any atom is 0.257 e. The number of rotatable bonds is 7. The Bertz CT molecular complexity index is 655. The van der Waals surface area contributed by atoms with Crippen LogP contribution in [0.2, 0.25) is 0 Å². The normalized spacial score (nSPS) is 15.0. The number of carbonyl (C=O) groups excluding carboxylic acids is 1. The number of hydrogen-bond acceptors (Lipinski definition) is 3. The van der Waals surface area contributed by atoms with Crippen molar-refractivity contribution >= 4 is 5.91 Å². The molecule has 0 aliphatic carbocycles. The van der Waals surface area contributed by atoms with Crippen molar-refractivity contribution in [2.24, 2.45) is 5.92 Å². The molecule has 0 radical (unpaired) electrons. The number of ether oxygens (including phenoxy) is 1. The Hall–Kier alpha value is -2.43. The fourth-order valence-electron chi connectivity index (χ4n) is 2.44. The number of hydrogen-bond donors (Lipinski definition) is 2. The lowest BCUT2D eigenvalue weighted by Gasteiger charge is -2.16. The van der Waals surface area contributed by atoms with Gasteiger partial charge in [0.15, 0.2) is 6.10 Å². The van der Waals surface area contributed by atoms with Crippen LogP contribution in [-0.4, -0.2) is 18.1 Å². The van der Waals surface area contributed by atoms with Crippen LogP contribution in [0.1, 0.15) is 30.3 Å². The van der Waals surface area contributed by atoms with Gasteiger partial charge in [-0.25, -0.2) is 0 Å². The van der Waals surface area contributed by atoms with E-state index >= 15 is 0 Å². The molecule has 0 spiro atoms. The van der Waals surface area contributed by atoms with Crippen molar-refractivity contribution in [3.05, 3.63) is 84.1 Å². The van der Waals surface area contributed by atoms with Gasteiger partial charge >= 0.3 is 0 Å². The molecule has 0 aliphatic heterocycles. The number of aliphatic hydroxyl groups excluding tert-OH is 1. The van der Waals surface area contributed by atoms with Crippen LogP contribution in [0.5, 0.6) is 0 Å². The summed E-state index contributed by atoms with van der Waals surface area (Å²) < 4.78 is 5.28. The Kier molecular flexibility index (Phi) is 6.73. The summed E-state index contributed by atoms with van der Waals surface area (Å²) in [6, 6.07) is 18.8. The van der Waals surface area contributed by atoms with Crippen molar-refractivity contribution in [1.82, 2.24) is 5.32 Å². The molecular formula is C20H23NO3. The van der Waals surface area contributed by atoms with Crippen molar-refractivity contribution < 1.29 is 14.6 Å². The highest BCUT2D eigenvalue weighted by molar-refractivity contribution is 5.83. The highest BCUT2D eigenvalue weighted by Crippen LogP contribution is 2.22. The van der Waals surface area contributed by atoms with Gasteiger partial charge in [-0.05, 0) is 11.1 Å². The fourth-order valence-corrected chi connectivity index (χ4v) is 2.44. The average molecular weight is 325 g/mol. The molecule has 4 heteroatoms. The van der Waals surface area contributed by atoms with Crippen LogP contribution in [0.4, 0.5) is 0 Å². The zero-order valence-corrected chi connectivity index (χ0v) is 13.9. The molecule has 2 aromatic rings. The van der Waals surface area contributed by atoms with Crippen LogP contribution in [0.3, 0.4) is 0 Å². The Morgan fingerprint density at radius 2 is 1.58 bits per heavy atom. The molecule has 0 saturated carbocycles. The van der Waals surface area contributed by atoms with E-state index in [0.29, 0.717) is 0 Å². The van der Waals surface area contributed by atoms with Crippen LogP contribution in [0.15, 0.2) is 72.9 Å². The Morgan fingerprint density at radius 3 is 2.12 bits per heavy atom. The topological polar surface area (TPSA) is 58.6 Å². The van der Waals surface area contributed by atoms with Crippen molar-refractivity contribution in [1.29, 1.82) is 0 Å². The summed E-state index contributed by atoms with van der Waals surface area (Å²) in [7, 11) is 1.50. The van der Waals surface area contributed by atoms with Gasteiger partial charge in [-0.1, -0.05) is 73.7 Å². The Balaban J connectivity index is 1.93. The maximum absolute atomic E-state index is 12.2. The van der Waals surface area contributed by atoms with E-state index in [1.807, 2.05) is 67.6 Å². The number of benzene rings is 2. The first kappa shape index (κ1) is 17.9. The van der Waals surface area contributed by atoms with E-state index in [0.717, 1.165) is 11.1 Å². The molecule has 0 bridgehead atoms. The second kappa shape index (κ2) is 9.01. The number of amides is 1. The SMILES string of the molecule is CO[C@H](C(=O)N/C=C/[C@H](C)[C@H](O)c1ccccc1)c1ccccc1. The van der Waals surface area contributed by atoms with Crippen LogP contribution in [-0.2, 0) is 9.53 Å². The second-order valence-corrected chi connectivity index (χ2v) is 5.61. The molecular weight excluding hydrogens is 302 g/mol. The largest absolute Gasteiger partial charge is 0.388 e. The minimum absolute atomic E-state index is 0.134. The zero-order valence-electron chi connectivity index (χ0n) is 13.9. The van der Waals surface area contributed by atoms with Gasteiger partial charge < -0.3 is 15.2 Å². The first-order chi connectivity index (χ1) is 11.6. The number of aliphatic hydroxyl groups is 1. The molecule has 2 rings (SSSR count). The summed E-state index contributed by atoms with van der Waals surface area (Å²) in [4.78, 5) is 12.2. The van der Waals surface area contributed by atoms with Crippen LogP contribution < -0.4 is 5.32 Å². The van der Waals surface area contributed by atoms with Gasteiger partial charge in [-0.3, -0.25) is 4.79 Å². The maximum atomic E-state index is 12.2. The first-order valence-electron chi connectivity index (χ1n) is 7.91. The molecule has 24 heavy (non-hydrogen) atoms.